The zero-order valence-electron chi connectivity index (χ0n) is 19.0. The second-order valence-electron chi connectivity index (χ2n) is 7.85. The van der Waals surface area contributed by atoms with E-state index in [2.05, 4.69) is 5.32 Å². The van der Waals surface area contributed by atoms with Crippen molar-refractivity contribution in [3.8, 4) is 0 Å². The number of carbonyl (C=O) groups excluding carboxylic acids is 1. The van der Waals surface area contributed by atoms with Crippen molar-refractivity contribution in [3.63, 3.8) is 0 Å². The zero-order valence-corrected chi connectivity index (χ0v) is 19.8. The number of nitrogens with zero attached hydrogens (tertiary/aromatic N) is 2. The lowest BCUT2D eigenvalue weighted by atomic mass is 10.1. The van der Waals surface area contributed by atoms with Gasteiger partial charge >= 0.3 is 0 Å². The minimum absolute atomic E-state index is 0.0154. The molecule has 0 aliphatic carbocycles. The van der Waals surface area contributed by atoms with Crippen molar-refractivity contribution < 1.29 is 17.6 Å². The number of nitrogens with one attached hydrogen (secondary N) is 1. The number of benzene rings is 3. The van der Waals surface area contributed by atoms with E-state index >= 15 is 0 Å². The van der Waals surface area contributed by atoms with E-state index in [0.717, 1.165) is 28.9 Å². The van der Waals surface area contributed by atoms with Crippen molar-refractivity contribution in [3.05, 3.63) is 89.7 Å². The minimum Gasteiger partial charge on any atom is -0.377 e. The van der Waals surface area contributed by atoms with Gasteiger partial charge in [-0.25, -0.2) is 12.8 Å². The highest BCUT2D eigenvalue weighted by Gasteiger charge is 2.26. The van der Waals surface area contributed by atoms with Gasteiger partial charge in [0, 0.05) is 45.0 Å². The second kappa shape index (κ2) is 10.6. The second-order valence-corrected chi connectivity index (χ2v) is 9.79. The van der Waals surface area contributed by atoms with E-state index in [1.807, 2.05) is 55.4 Å². The highest BCUT2D eigenvalue weighted by atomic mass is 32.2. The Kier molecular flexibility index (Phi) is 7.84. The summed E-state index contributed by atoms with van der Waals surface area (Å²) in [5, 5.41) is 2.83. The van der Waals surface area contributed by atoms with Crippen molar-refractivity contribution in [2.45, 2.75) is 31.3 Å². The summed E-state index contributed by atoms with van der Waals surface area (Å²) in [7, 11) is -0.188. The van der Waals surface area contributed by atoms with Crippen LogP contribution in [0, 0.1) is 5.82 Å². The molecule has 8 heteroatoms. The minimum atomic E-state index is -3.94. The van der Waals surface area contributed by atoms with Crippen LogP contribution < -0.4 is 10.2 Å². The fourth-order valence-corrected chi connectivity index (χ4v) is 4.84. The van der Waals surface area contributed by atoms with Crippen LogP contribution in [0.4, 0.5) is 15.8 Å². The Balaban J connectivity index is 2.05. The van der Waals surface area contributed by atoms with E-state index in [9.17, 15) is 17.6 Å². The molecule has 0 aliphatic heterocycles. The Hall–Kier alpha value is -3.23. The first-order valence-corrected chi connectivity index (χ1v) is 12.0. The summed E-state index contributed by atoms with van der Waals surface area (Å²) in [6, 6.07) is 19.5. The summed E-state index contributed by atoms with van der Waals surface area (Å²) in [6.07, 6.45) is 0.337. The quantitative estimate of drug-likeness (QED) is 0.496. The number of carbonyl (C=O) groups is 1. The Morgan fingerprint density at radius 3 is 2.21 bits per heavy atom. The molecule has 0 fully saturated rings. The van der Waals surface area contributed by atoms with Crippen molar-refractivity contribution in [2.75, 3.05) is 24.3 Å². The van der Waals surface area contributed by atoms with Crippen molar-refractivity contribution >= 4 is 27.3 Å². The number of amides is 1. The van der Waals surface area contributed by atoms with Gasteiger partial charge in [-0.05, 0) is 53.6 Å². The Morgan fingerprint density at radius 2 is 1.61 bits per heavy atom. The fourth-order valence-electron chi connectivity index (χ4n) is 3.43. The highest BCUT2D eigenvalue weighted by Crippen LogP contribution is 2.28. The van der Waals surface area contributed by atoms with Crippen LogP contribution in [0.5, 0.6) is 0 Å². The molecule has 0 bridgehead atoms. The largest absolute Gasteiger partial charge is 0.377 e. The molecule has 0 heterocycles. The van der Waals surface area contributed by atoms with E-state index in [4.69, 9.17) is 0 Å². The fraction of sp³-hybridized carbons (Fsp3) is 0.240. The van der Waals surface area contributed by atoms with E-state index < -0.39 is 15.8 Å². The molecule has 174 valence electrons. The maximum Gasteiger partial charge on any atom is 0.243 e. The summed E-state index contributed by atoms with van der Waals surface area (Å²) in [4.78, 5) is 13.8. The molecule has 1 amide bonds. The van der Waals surface area contributed by atoms with E-state index in [1.54, 1.807) is 19.1 Å². The smallest absolute Gasteiger partial charge is 0.243 e. The van der Waals surface area contributed by atoms with Gasteiger partial charge in [-0.1, -0.05) is 37.3 Å². The van der Waals surface area contributed by atoms with Gasteiger partial charge in [-0.3, -0.25) is 4.79 Å². The van der Waals surface area contributed by atoms with Crippen LogP contribution >= 0.6 is 0 Å². The molecular formula is C25H28FN3O3S. The number of sulfonamides is 1. The Labute approximate surface area is 194 Å². The van der Waals surface area contributed by atoms with Crippen molar-refractivity contribution in [1.82, 2.24) is 4.31 Å². The van der Waals surface area contributed by atoms with Crippen LogP contribution in [0.1, 0.15) is 24.5 Å². The zero-order chi connectivity index (χ0) is 24.0. The van der Waals surface area contributed by atoms with Gasteiger partial charge in [0.25, 0.3) is 0 Å². The van der Waals surface area contributed by atoms with Crippen LogP contribution in [-0.4, -0.2) is 32.7 Å². The number of hydrogen-bond donors (Lipinski definition) is 1. The molecule has 0 atom stereocenters. The summed E-state index contributed by atoms with van der Waals surface area (Å²) in [6.45, 7) is 1.97. The summed E-state index contributed by atoms with van der Waals surface area (Å²) >= 11 is 0. The summed E-state index contributed by atoms with van der Waals surface area (Å²) in [5.74, 6) is -0.628. The lowest BCUT2D eigenvalue weighted by Gasteiger charge is -2.26. The van der Waals surface area contributed by atoms with Crippen LogP contribution in [0.3, 0.4) is 0 Å². The molecule has 3 aromatic rings. The topological polar surface area (TPSA) is 69.7 Å². The molecule has 0 saturated heterocycles. The summed E-state index contributed by atoms with van der Waals surface area (Å²) < 4.78 is 41.9. The number of hydrogen-bond acceptors (Lipinski definition) is 4. The molecule has 0 aliphatic rings. The first-order chi connectivity index (χ1) is 15.7. The predicted molar refractivity (Wildman–Crippen MR) is 129 cm³/mol. The third-order valence-corrected chi connectivity index (χ3v) is 6.97. The molecule has 6 nitrogen and oxygen atoms in total. The average molecular weight is 470 g/mol. The third-order valence-electron chi connectivity index (χ3n) is 5.17. The molecule has 3 aromatic carbocycles. The van der Waals surface area contributed by atoms with E-state index in [1.165, 1.54) is 16.4 Å². The van der Waals surface area contributed by atoms with Gasteiger partial charge in [-0.2, -0.15) is 4.31 Å². The Morgan fingerprint density at radius 1 is 0.939 bits per heavy atom. The summed E-state index contributed by atoms with van der Waals surface area (Å²) in [5.41, 5.74) is 2.98. The molecule has 3 rings (SSSR count). The normalized spacial score (nSPS) is 11.4. The van der Waals surface area contributed by atoms with Gasteiger partial charge < -0.3 is 10.2 Å². The number of halogens is 1. The maximum atomic E-state index is 13.6. The molecule has 1 N–H and O–H groups in total. The van der Waals surface area contributed by atoms with Gasteiger partial charge in [0.15, 0.2) is 0 Å². The SMILES string of the molecule is CCC(=O)Nc1ccc(N(C)C)c(CN(Cc2ccccc2)S(=O)(=O)c2ccc(F)cc2)c1. The highest BCUT2D eigenvalue weighted by molar-refractivity contribution is 7.89. The first kappa shape index (κ1) is 24.4. The molecule has 0 radical (unpaired) electrons. The molecular weight excluding hydrogens is 441 g/mol. The van der Waals surface area contributed by atoms with Crippen LogP contribution in [0.15, 0.2) is 77.7 Å². The number of rotatable bonds is 9. The molecule has 0 unspecified atom stereocenters. The van der Waals surface area contributed by atoms with Crippen LogP contribution in [-0.2, 0) is 27.9 Å². The van der Waals surface area contributed by atoms with Crippen LogP contribution in [0.2, 0.25) is 0 Å². The van der Waals surface area contributed by atoms with E-state index in [-0.39, 0.29) is 23.9 Å². The third kappa shape index (κ3) is 6.18. The predicted octanol–water partition coefficient (Wildman–Crippen LogP) is 4.63. The molecule has 0 saturated carbocycles. The number of anilines is 2. The lowest BCUT2D eigenvalue weighted by molar-refractivity contribution is -0.115. The van der Waals surface area contributed by atoms with Crippen LogP contribution in [0.25, 0.3) is 0 Å². The van der Waals surface area contributed by atoms with Gasteiger partial charge in [0.1, 0.15) is 5.82 Å². The lowest BCUT2D eigenvalue weighted by Crippen LogP contribution is -2.31. The first-order valence-electron chi connectivity index (χ1n) is 10.6. The standard InChI is InChI=1S/C25H28FN3O3S/c1-4-25(30)27-22-12-15-24(28(2)3)20(16-22)18-29(17-19-8-6-5-7-9-19)33(31,32)23-13-10-21(26)11-14-23/h5-16H,4,17-18H2,1-3H3,(H,27,30). The monoisotopic (exact) mass is 469 g/mol. The van der Waals surface area contributed by atoms with Gasteiger partial charge in [0.05, 0.1) is 4.90 Å². The molecule has 0 aromatic heterocycles. The average Bonchev–Trinajstić information content (AvgIpc) is 2.79. The van der Waals surface area contributed by atoms with Crippen molar-refractivity contribution in [2.24, 2.45) is 0 Å². The Bertz CT molecular complexity index is 1200. The molecule has 33 heavy (non-hydrogen) atoms. The maximum absolute atomic E-state index is 13.6. The van der Waals surface area contributed by atoms with E-state index in [0.29, 0.717) is 12.1 Å². The van der Waals surface area contributed by atoms with Gasteiger partial charge in [0.2, 0.25) is 15.9 Å². The van der Waals surface area contributed by atoms with Crippen molar-refractivity contribution in [1.29, 1.82) is 0 Å². The molecule has 0 spiro atoms. The van der Waals surface area contributed by atoms with Gasteiger partial charge in [-0.15, -0.1) is 0 Å².